The number of benzene rings is 2. The monoisotopic (exact) mass is 442 g/mol. The Labute approximate surface area is 168 Å². The van der Waals surface area contributed by atoms with Gasteiger partial charge in [-0.25, -0.2) is 4.68 Å². The lowest BCUT2D eigenvalue weighted by Crippen LogP contribution is -2.23. The van der Waals surface area contributed by atoms with Crippen molar-refractivity contribution in [3.05, 3.63) is 58.6 Å². The van der Waals surface area contributed by atoms with Crippen LogP contribution in [0.1, 0.15) is 12.5 Å². The molecule has 0 fully saturated rings. The predicted molar refractivity (Wildman–Crippen MR) is 108 cm³/mol. The molecule has 0 aliphatic rings. The third-order valence-corrected chi connectivity index (χ3v) is 5.44. The van der Waals surface area contributed by atoms with Crippen LogP contribution in [0.3, 0.4) is 0 Å². The van der Waals surface area contributed by atoms with Crippen LogP contribution in [0.15, 0.2) is 58.2 Å². The quantitative estimate of drug-likeness (QED) is 0.462. The summed E-state index contributed by atoms with van der Waals surface area (Å²) in [6.07, 6.45) is 0. The van der Waals surface area contributed by atoms with Gasteiger partial charge in [0.1, 0.15) is 0 Å². The third-order valence-electron chi connectivity index (χ3n) is 3.69. The summed E-state index contributed by atoms with van der Waals surface area (Å²) in [5, 5.41) is 19.9. The average Bonchev–Trinajstić information content (AvgIpc) is 3.02. The highest BCUT2D eigenvalue weighted by Gasteiger charge is 2.20. The van der Waals surface area contributed by atoms with Gasteiger partial charge in [-0.1, -0.05) is 45.9 Å². The summed E-state index contributed by atoms with van der Waals surface area (Å²) in [7, 11) is 0. The number of hydrogen-bond acceptors (Lipinski definition) is 6. The van der Waals surface area contributed by atoms with Crippen molar-refractivity contribution in [2.75, 3.05) is 11.2 Å². The van der Waals surface area contributed by atoms with E-state index in [1.54, 1.807) is 31.2 Å². The zero-order valence-corrected chi connectivity index (χ0v) is 16.7. The van der Waals surface area contributed by atoms with Gasteiger partial charge in [0.05, 0.1) is 16.9 Å². The average molecular weight is 443 g/mol. The van der Waals surface area contributed by atoms with Gasteiger partial charge in [-0.15, -0.1) is 10.2 Å². The summed E-state index contributed by atoms with van der Waals surface area (Å²) in [5.41, 5.74) is 1.85. The van der Waals surface area contributed by atoms with Crippen molar-refractivity contribution in [2.24, 2.45) is 0 Å². The molecule has 136 valence electrons. The molecule has 0 aliphatic heterocycles. The first-order chi connectivity index (χ1) is 13.0. The molecule has 3 aromatic rings. The van der Waals surface area contributed by atoms with E-state index in [9.17, 15) is 4.79 Å². The van der Waals surface area contributed by atoms with Gasteiger partial charge in [0.2, 0.25) is 11.1 Å². The fourth-order valence-corrected chi connectivity index (χ4v) is 3.54. The molecule has 3 N–H and O–H groups in total. The molecule has 0 bridgehead atoms. The highest BCUT2D eigenvalue weighted by molar-refractivity contribution is 9.10. The number of aromatic nitrogens is 3. The van der Waals surface area contributed by atoms with Crippen molar-refractivity contribution in [2.45, 2.75) is 17.3 Å². The number of amides is 1. The first kappa shape index (κ1) is 18.9. The SMILES string of the molecule is C[C@@H](Sc1nnc(-c2ccccc2Br)n1N)C(=O)Nc1cccc(C#N)c1. The first-order valence-electron chi connectivity index (χ1n) is 7.92. The molecular formula is C18H15BrN6OS. The van der Waals surface area contributed by atoms with E-state index in [2.05, 4.69) is 31.4 Å². The number of thioether (sulfide) groups is 1. The van der Waals surface area contributed by atoms with Gasteiger partial charge in [-0.3, -0.25) is 4.79 Å². The molecule has 1 atom stereocenters. The van der Waals surface area contributed by atoms with Gasteiger partial charge < -0.3 is 11.2 Å². The Morgan fingerprint density at radius 1 is 1.30 bits per heavy atom. The molecule has 0 saturated heterocycles. The van der Waals surface area contributed by atoms with Crippen molar-refractivity contribution in [3.63, 3.8) is 0 Å². The van der Waals surface area contributed by atoms with Gasteiger partial charge in [-0.05, 0) is 37.3 Å². The molecular weight excluding hydrogens is 428 g/mol. The lowest BCUT2D eigenvalue weighted by Gasteiger charge is -2.12. The Bertz CT molecular complexity index is 1030. The van der Waals surface area contributed by atoms with Crippen LogP contribution in [-0.2, 0) is 4.79 Å². The van der Waals surface area contributed by atoms with Gasteiger partial charge in [0.15, 0.2) is 5.82 Å². The summed E-state index contributed by atoms with van der Waals surface area (Å²) in [4.78, 5) is 12.4. The number of anilines is 1. The summed E-state index contributed by atoms with van der Waals surface area (Å²) in [6.45, 7) is 1.75. The molecule has 1 heterocycles. The minimum Gasteiger partial charge on any atom is -0.335 e. The van der Waals surface area contributed by atoms with Crippen LogP contribution in [-0.4, -0.2) is 26.0 Å². The van der Waals surface area contributed by atoms with Crippen LogP contribution < -0.4 is 11.2 Å². The molecule has 1 amide bonds. The Morgan fingerprint density at radius 3 is 2.81 bits per heavy atom. The van der Waals surface area contributed by atoms with Gasteiger partial charge in [0, 0.05) is 15.7 Å². The lowest BCUT2D eigenvalue weighted by atomic mass is 10.2. The Hall–Kier alpha value is -2.83. The van der Waals surface area contributed by atoms with Crippen LogP contribution in [0.5, 0.6) is 0 Å². The van der Waals surface area contributed by atoms with Crippen LogP contribution in [0.2, 0.25) is 0 Å². The molecule has 27 heavy (non-hydrogen) atoms. The Balaban J connectivity index is 1.73. The number of hydrogen-bond donors (Lipinski definition) is 2. The molecule has 0 saturated carbocycles. The second-order valence-electron chi connectivity index (χ2n) is 5.60. The van der Waals surface area contributed by atoms with Crippen molar-refractivity contribution in [1.29, 1.82) is 5.26 Å². The standard InChI is InChI=1S/C18H15BrN6OS/c1-11(17(26)22-13-6-4-5-12(9-13)10-20)27-18-24-23-16(25(18)21)14-7-2-3-8-15(14)19/h2-9,11H,21H2,1H3,(H,22,26)/t11-/m1/s1. The molecule has 9 heteroatoms. The first-order valence-corrected chi connectivity index (χ1v) is 9.60. The van der Waals surface area contributed by atoms with Crippen molar-refractivity contribution in [1.82, 2.24) is 14.9 Å². The van der Waals surface area contributed by atoms with E-state index in [1.807, 2.05) is 30.3 Å². The molecule has 0 radical (unpaired) electrons. The summed E-state index contributed by atoms with van der Waals surface area (Å²) >= 11 is 4.67. The number of nitriles is 1. The number of rotatable bonds is 5. The Morgan fingerprint density at radius 2 is 2.07 bits per heavy atom. The second-order valence-corrected chi connectivity index (χ2v) is 7.76. The van der Waals surface area contributed by atoms with E-state index in [0.717, 1.165) is 10.0 Å². The third kappa shape index (κ3) is 4.30. The molecule has 0 unspecified atom stereocenters. The highest BCUT2D eigenvalue weighted by Crippen LogP contribution is 2.29. The summed E-state index contributed by atoms with van der Waals surface area (Å²) < 4.78 is 2.22. The largest absolute Gasteiger partial charge is 0.335 e. The van der Waals surface area contributed by atoms with Crippen molar-refractivity contribution >= 4 is 39.3 Å². The van der Waals surface area contributed by atoms with Gasteiger partial charge in [0.25, 0.3) is 0 Å². The topological polar surface area (TPSA) is 110 Å². The molecule has 2 aromatic carbocycles. The molecule has 0 aliphatic carbocycles. The maximum absolute atomic E-state index is 12.4. The number of carbonyl (C=O) groups excluding carboxylic acids is 1. The maximum atomic E-state index is 12.4. The normalized spacial score (nSPS) is 11.6. The van der Waals surface area contributed by atoms with Crippen LogP contribution in [0.25, 0.3) is 11.4 Å². The molecule has 3 rings (SSSR count). The molecule has 7 nitrogen and oxygen atoms in total. The second kappa shape index (κ2) is 8.24. The zero-order valence-electron chi connectivity index (χ0n) is 14.3. The van der Waals surface area contributed by atoms with Crippen LogP contribution in [0, 0.1) is 11.3 Å². The molecule has 0 spiro atoms. The fourth-order valence-electron chi connectivity index (χ4n) is 2.31. The number of carbonyl (C=O) groups is 1. The van der Waals surface area contributed by atoms with E-state index in [4.69, 9.17) is 11.1 Å². The van der Waals surface area contributed by atoms with Gasteiger partial charge >= 0.3 is 0 Å². The van der Waals surface area contributed by atoms with E-state index in [0.29, 0.717) is 22.2 Å². The number of nitrogen functional groups attached to an aromatic ring is 1. The van der Waals surface area contributed by atoms with E-state index >= 15 is 0 Å². The summed E-state index contributed by atoms with van der Waals surface area (Å²) in [5.74, 6) is 6.40. The minimum atomic E-state index is -0.464. The van der Waals surface area contributed by atoms with Gasteiger partial charge in [-0.2, -0.15) is 5.26 Å². The van der Waals surface area contributed by atoms with Crippen LogP contribution in [0.4, 0.5) is 5.69 Å². The number of nitrogens with one attached hydrogen (secondary N) is 1. The number of nitrogens with zero attached hydrogens (tertiary/aromatic N) is 4. The van der Waals surface area contributed by atoms with E-state index in [1.165, 1.54) is 16.4 Å². The minimum absolute atomic E-state index is 0.222. The summed E-state index contributed by atoms with van der Waals surface area (Å²) in [6, 6.07) is 16.3. The predicted octanol–water partition coefficient (Wildman–Crippen LogP) is 3.41. The van der Waals surface area contributed by atoms with Crippen molar-refractivity contribution in [3.8, 4) is 17.5 Å². The van der Waals surface area contributed by atoms with Crippen LogP contribution >= 0.6 is 27.7 Å². The van der Waals surface area contributed by atoms with E-state index in [-0.39, 0.29) is 5.91 Å². The zero-order chi connectivity index (χ0) is 19.4. The number of halogens is 1. The maximum Gasteiger partial charge on any atom is 0.237 e. The van der Waals surface area contributed by atoms with E-state index < -0.39 is 5.25 Å². The highest BCUT2D eigenvalue weighted by atomic mass is 79.9. The Kier molecular flexibility index (Phi) is 5.78. The fraction of sp³-hybridized carbons (Fsp3) is 0.111. The van der Waals surface area contributed by atoms with Crippen molar-refractivity contribution < 1.29 is 4.79 Å². The number of nitrogens with two attached hydrogens (primary N) is 1. The molecule has 1 aromatic heterocycles. The smallest absolute Gasteiger partial charge is 0.237 e. The lowest BCUT2D eigenvalue weighted by molar-refractivity contribution is -0.115.